The highest BCUT2D eigenvalue weighted by Gasteiger charge is 2.33. The van der Waals surface area contributed by atoms with Crippen LogP contribution in [0.2, 0.25) is 0 Å². The fraction of sp³-hybridized carbons (Fsp3) is 0.529. The first-order valence-electron chi connectivity index (χ1n) is 8.85. The second-order valence-corrected chi connectivity index (χ2v) is 6.70. The van der Waals surface area contributed by atoms with Gasteiger partial charge < -0.3 is 15.4 Å². The Bertz CT molecular complexity index is 730. The fourth-order valence-electron chi connectivity index (χ4n) is 3.71. The summed E-state index contributed by atoms with van der Waals surface area (Å²) < 4.78 is 19.9. The van der Waals surface area contributed by atoms with Crippen molar-refractivity contribution in [3.05, 3.63) is 24.0 Å². The number of fused-ring (bicyclic) bond motifs is 1. The molecule has 0 unspecified atom stereocenters. The van der Waals surface area contributed by atoms with Gasteiger partial charge in [0.1, 0.15) is 11.9 Å². The number of nitrogens with two attached hydrogens (primary N) is 1. The number of benzene rings is 1. The van der Waals surface area contributed by atoms with Gasteiger partial charge in [-0.15, -0.1) is 0 Å². The van der Waals surface area contributed by atoms with Gasteiger partial charge in [-0.25, -0.2) is 14.2 Å². The lowest BCUT2D eigenvalue weighted by Crippen LogP contribution is -2.39. The minimum absolute atomic E-state index is 0.129. The lowest BCUT2D eigenvalue weighted by atomic mass is 10.2. The third-order valence-corrected chi connectivity index (χ3v) is 5.14. The zero-order chi connectivity index (χ0) is 18.3. The number of anilines is 2. The standard InChI is InChI=1S/C17H22FN5O3/c18-14-9-12(22-11-13(10-19)26-17(22)25)1-2-15(14)20-5-7-21-4-3-16(24)23(21)8-6-20/h1-2,9,13H,3-8,10-11,19H2/t13-/m0/s1. The number of ether oxygens (including phenoxy) is 1. The maximum absolute atomic E-state index is 14.8. The Labute approximate surface area is 150 Å². The zero-order valence-corrected chi connectivity index (χ0v) is 14.4. The van der Waals surface area contributed by atoms with E-state index < -0.39 is 11.9 Å². The van der Waals surface area contributed by atoms with Crippen LogP contribution in [0.25, 0.3) is 0 Å². The molecule has 9 heteroatoms. The Kier molecular flexibility index (Phi) is 4.41. The summed E-state index contributed by atoms with van der Waals surface area (Å²) in [6.07, 6.45) is -0.316. The Morgan fingerprint density at radius 3 is 2.69 bits per heavy atom. The van der Waals surface area contributed by atoms with Crippen LogP contribution in [0.1, 0.15) is 6.42 Å². The van der Waals surface area contributed by atoms with E-state index in [1.54, 1.807) is 17.1 Å². The van der Waals surface area contributed by atoms with Crippen molar-refractivity contribution in [1.29, 1.82) is 0 Å². The molecule has 3 aliphatic rings. The summed E-state index contributed by atoms with van der Waals surface area (Å²) in [7, 11) is 0. The third-order valence-electron chi connectivity index (χ3n) is 5.14. The summed E-state index contributed by atoms with van der Waals surface area (Å²) in [4.78, 5) is 27.1. The number of halogens is 1. The molecule has 4 rings (SSSR count). The van der Waals surface area contributed by atoms with E-state index in [-0.39, 0.29) is 18.6 Å². The first kappa shape index (κ1) is 17.0. The highest BCUT2D eigenvalue weighted by molar-refractivity contribution is 5.90. The van der Waals surface area contributed by atoms with Gasteiger partial charge in [0, 0.05) is 39.1 Å². The maximum atomic E-state index is 14.8. The van der Waals surface area contributed by atoms with E-state index in [0.717, 1.165) is 6.54 Å². The van der Waals surface area contributed by atoms with Gasteiger partial charge in [-0.2, -0.15) is 0 Å². The van der Waals surface area contributed by atoms with Crippen molar-refractivity contribution in [3.8, 4) is 0 Å². The summed E-state index contributed by atoms with van der Waals surface area (Å²) >= 11 is 0. The maximum Gasteiger partial charge on any atom is 0.414 e. The van der Waals surface area contributed by atoms with Gasteiger partial charge in [0.2, 0.25) is 5.91 Å². The SMILES string of the molecule is NC[C@H]1CN(c2ccc(N3CCN4CCC(=O)N4CC3)c(F)c2)C(=O)O1. The lowest BCUT2D eigenvalue weighted by molar-refractivity contribution is -0.136. The number of hydrazine groups is 1. The molecule has 1 aromatic carbocycles. The van der Waals surface area contributed by atoms with Crippen LogP contribution in [-0.2, 0) is 9.53 Å². The van der Waals surface area contributed by atoms with Crippen molar-refractivity contribution in [2.24, 2.45) is 5.73 Å². The minimum Gasteiger partial charge on any atom is -0.443 e. The molecule has 0 spiro atoms. The van der Waals surface area contributed by atoms with Crippen LogP contribution in [0.4, 0.5) is 20.6 Å². The number of carbonyl (C=O) groups excluding carboxylic acids is 2. The summed E-state index contributed by atoms with van der Waals surface area (Å²) in [6.45, 7) is 3.74. The number of hydrogen-bond acceptors (Lipinski definition) is 6. The molecule has 2 amide bonds. The molecule has 3 fully saturated rings. The second kappa shape index (κ2) is 6.73. The van der Waals surface area contributed by atoms with Crippen molar-refractivity contribution in [1.82, 2.24) is 10.0 Å². The van der Waals surface area contributed by atoms with E-state index in [2.05, 4.69) is 0 Å². The van der Waals surface area contributed by atoms with Crippen LogP contribution in [-0.4, -0.2) is 73.9 Å². The Morgan fingerprint density at radius 1 is 1.15 bits per heavy atom. The molecule has 140 valence electrons. The molecule has 1 aromatic rings. The van der Waals surface area contributed by atoms with Gasteiger partial charge in [0.25, 0.3) is 0 Å². The summed E-state index contributed by atoms with van der Waals surface area (Å²) in [5, 5.41) is 3.79. The van der Waals surface area contributed by atoms with Crippen LogP contribution in [0.3, 0.4) is 0 Å². The molecule has 1 atom stereocenters. The van der Waals surface area contributed by atoms with E-state index >= 15 is 0 Å². The molecule has 2 N–H and O–H groups in total. The smallest absolute Gasteiger partial charge is 0.414 e. The van der Waals surface area contributed by atoms with Crippen molar-refractivity contribution >= 4 is 23.4 Å². The highest BCUT2D eigenvalue weighted by atomic mass is 19.1. The van der Waals surface area contributed by atoms with Gasteiger partial charge in [-0.3, -0.25) is 14.7 Å². The zero-order valence-electron chi connectivity index (χ0n) is 14.4. The summed E-state index contributed by atoms with van der Waals surface area (Å²) in [5.74, 6) is -0.264. The van der Waals surface area contributed by atoms with Gasteiger partial charge in [0.15, 0.2) is 0 Å². The number of rotatable bonds is 3. The number of nitrogens with zero attached hydrogens (tertiary/aromatic N) is 4. The number of hydrogen-bond donors (Lipinski definition) is 1. The monoisotopic (exact) mass is 363 g/mol. The molecule has 0 saturated carbocycles. The van der Waals surface area contributed by atoms with Crippen LogP contribution in [0.15, 0.2) is 18.2 Å². The molecule has 0 aliphatic carbocycles. The lowest BCUT2D eigenvalue weighted by Gasteiger charge is -2.24. The molecule has 8 nitrogen and oxygen atoms in total. The normalized spacial score (nSPS) is 24.1. The van der Waals surface area contributed by atoms with E-state index in [0.29, 0.717) is 50.5 Å². The Hall–Kier alpha value is -2.39. The topological polar surface area (TPSA) is 82.4 Å². The Balaban J connectivity index is 1.50. The Morgan fingerprint density at radius 2 is 1.96 bits per heavy atom. The van der Waals surface area contributed by atoms with E-state index in [1.807, 2.05) is 9.91 Å². The van der Waals surface area contributed by atoms with Gasteiger partial charge >= 0.3 is 6.09 Å². The van der Waals surface area contributed by atoms with Crippen molar-refractivity contribution in [2.45, 2.75) is 12.5 Å². The van der Waals surface area contributed by atoms with Crippen LogP contribution in [0, 0.1) is 5.82 Å². The molecular weight excluding hydrogens is 341 g/mol. The molecular formula is C17H22FN5O3. The van der Waals surface area contributed by atoms with Crippen molar-refractivity contribution in [2.75, 3.05) is 55.6 Å². The highest BCUT2D eigenvalue weighted by Crippen LogP contribution is 2.28. The molecule has 0 aromatic heterocycles. The average Bonchev–Trinajstić information content (AvgIpc) is 3.10. The second-order valence-electron chi connectivity index (χ2n) is 6.70. The van der Waals surface area contributed by atoms with E-state index in [4.69, 9.17) is 10.5 Å². The van der Waals surface area contributed by atoms with Gasteiger partial charge in [-0.05, 0) is 18.2 Å². The molecule has 3 saturated heterocycles. The fourth-order valence-corrected chi connectivity index (χ4v) is 3.71. The van der Waals surface area contributed by atoms with Crippen LogP contribution in [0.5, 0.6) is 0 Å². The summed E-state index contributed by atoms with van der Waals surface area (Å²) in [6, 6.07) is 4.75. The minimum atomic E-state index is -0.505. The molecule has 3 aliphatic heterocycles. The largest absolute Gasteiger partial charge is 0.443 e. The molecule has 0 radical (unpaired) electrons. The number of carbonyl (C=O) groups is 2. The number of cyclic esters (lactones) is 1. The first-order chi connectivity index (χ1) is 12.6. The predicted octanol–water partition coefficient (Wildman–Crippen LogP) is 0.379. The average molecular weight is 363 g/mol. The van der Waals surface area contributed by atoms with Crippen LogP contribution < -0.4 is 15.5 Å². The molecule has 0 bridgehead atoms. The third kappa shape index (κ3) is 2.97. The molecule has 26 heavy (non-hydrogen) atoms. The van der Waals surface area contributed by atoms with Crippen LogP contribution >= 0.6 is 0 Å². The van der Waals surface area contributed by atoms with E-state index in [1.165, 1.54) is 11.0 Å². The first-order valence-corrected chi connectivity index (χ1v) is 8.85. The van der Waals surface area contributed by atoms with E-state index in [9.17, 15) is 14.0 Å². The summed E-state index contributed by atoms with van der Waals surface area (Å²) in [5.41, 5.74) is 6.47. The quantitative estimate of drug-likeness (QED) is 0.836. The van der Waals surface area contributed by atoms with Crippen molar-refractivity contribution < 1.29 is 18.7 Å². The number of amides is 2. The molecule has 3 heterocycles. The van der Waals surface area contributed by atoms with Gasteiger partial charge in [-0.1, -0.05) is 0 Å². The van der Waals surface area contributed by atoms with Gasteiger partial charge in [0.05, 0.1) is 24.5 Å². The van der Waals surface area contributed by atoms with Crippen molar-refractivity contribution in [3.63, 3.8) is 0 Å². The predicted molar refractivity (Wildman–Crippen MR) is 93.2 cm³/mol.